The molecule has 0 rings (SSSR count). The lowest BCUT2D eigenvalue weighted by atomic mass is 10.0. The molecule has 0 aromatic rings. The molecule has 0 saturated carbocycles. The van der Waals surface area contributed by atoms with Crippen molar-refractivity contribution in [2.24, 2.45) is 5.92 Å². The zero-order valence-electron chi connectivity index (χ0n) is 12.6. The van der Waals surface area contributed by atoms with Gasteiger partial charge in [-0.3, -0.25) is 0 Å². The largest absolute Gasteiger partial charge is 0.444 e. The summed E-state index contributed by atoms with van der Waals surface area (Å²) in [5, 5.41) is 2.69. The van der Waals surface area contributed by atoms with Gasteiger partial charge in [0.2, 0.25) is 10.0 Å². The van der Waals surface area contributed by atoms with Crippen molar-refractivity contribution in [1.29, 1.82) is 0 Å². The van der Waals surface area contributed by atoms with Crippen molar-refractivity contribution in [3.63, 3.8) is 0 Å². The van der Waals surface area contributed by atoms with E-state index in [0.717, 1.165) is 6.26 Å². The Labute approximate surface area is 116 Å². The highest BCUT2D eigenvalue weighted by Crippen LogP contribution is 2.09. The predicted octanol–water partition coefficient (Wildman–Crippen LogP) is 1.48. The van der Waals surface area contributed by atoms with Crippen LogP contribution in [0.1, 0.15) is 41.0 Å². The number of carbonyl (C=O) groups is 1. The summed E-state index contributed by atoms with van der Waals surface area (Å²) in [5.41, 5.74) is -0.573. The van der Waals surface area contributed by atoms with Crippen LogP contribution in [0.4, 0.5) is 4.79 Å². The molecule has 2 N–H and O–H groups in total. The highest BCUT2D eigenvalue weighted by Gasteiger charge is 2.20. The lowest BCUT2D eigenvalue weighted by Gasteiger charge is -2.24. The van der Waals surface area contributed by atoms with Gasteiger partial charge in [0.25, 0.3) is 0 Å². The Balaban J connectivity index is 4.47. The summed E-state index contributed by atoms with van der Waals surface area (Å²) in [6.45, 7) is 9.50. The number of hydrogen-bond donors (Lipinski definition) is 2. The number of nitrogens with one attached hydrogen (secondary N) is 2. The maximum Gasteiger partial charge on any atom is 0.407 e. The molecule has 0 aromatic heterocycles. The Hall–Kier alpha value is -0.820. The van der Waals surface area contributed by atoms with Crippen molar-refractivity contribution >= 4 is 16.1 Å². The molecule has 0 radical (unpaired) electrons. The van der Waals surface area contributed by atoms with Gasteiger partial charge in [0.1, 0.15) is 5.60 Å². The van der Waals surface area contributed by atoms with Crippen LogP contribution < -0.4 is 10.0 Å². The molecule has 0 aliphatic carbocycles. The number of carbonyl (C=O) groups excluding carboxylic acids is 1. The standard InChI is InChI=1S/C12H26N2O4S/c1-9(2)7-10(8-13-19(6,16)17)14-11(15)18-12(3,4)5/h9-10,13H,7-8H2,1-6H3,(H,14,15)/t10-/m0/s1. The molecule has 0 saturated heterocycles. The first kappa shape index (κ1) is 18.2. The van der Waals surface area contributed by atoms with Crippen molar-refractivity contribution in [2.45, 2.75) is 52.7 Å². The van der Waals surface area contributed by atoms with E-state index in [2.05, 4.69) is 10.0 Å². The van der Waals surface area contributed by atoms with Crippen molar-refractivity contribution in [3.05, 3.63) is 0 Å². The first-order valence-corrected chi connectivity index (χ1v) is 8.22. The van der Waals surface area contributed by atoms with Crippen molar-refractivity contribution in [3.8, 4) is 0 Å². The van der Waals surface area contributed by atoms with Crippen LogP contribution in [0.15, 0.2) is 0 Å². The van der Waals surface area contributed by atoms with E-state index >= 15 is 0 Å². The zero-order valence-corrected chi connectivity index (χ0v) is 13.4. The van der Waals surface area contributed by atoms with Crippen LogP contribution in [0, 0.1) is 5.92 Å². The van der Waals surface area contributed by atoms with Crippen LogP contribution in [0.2, 0.25) is 0 Å². The fourth-order valence-corrected chi connectivity index (χ4v) is 1.99. The molecule has 0 aromatic carbocycles. The molecule has 0 aliphatic rings. The minimum absolute atomic E-state index is 0.163. The van der Waals surface area contributed by atoms with Crippen molar-refractivity contribution in [2.75, 3.05) is 12.8 Å². The maximum absolute atomic E-state index is 11.7. The SMILES string of the molecule is CC(C)C[C@@H](CNS(C)(=O)=O)NC(=O)OC(C)(C)C. The zero-order chi connectivity index (χ0) is 15.3. The molecular weight excluding hydrogens is 268 g/mol. The van der Waals surface area contributed by atoms with Gasteiger partial charge in [-0.25, -0.2) is 17.9 Å². The van der Waals surface area contributed by atoms with E-state index in [0.29, 0.717) is 12.3 Å². The number of amides is 1. The Kier molecular flexibility index (Phi) is 6.79. The van der Waals surface area contributed by atoms with Gasteiger partial charge in [0.15, 0.2) is 0 Å². The smallest absolute Gasteiger partial charge is 0.407 e. The normalized spacial score (nSPS) is 14.3. The molecular formula is C12H26N2O4S. The third-order valence-electron chi connectivity index (χ3n) is 2.07. The van der Waals surface area contributed by atoms with Crippen LogP contribution in [0.25, 0.3) is 0 Å². The van der Waals surface area contributed by atoms with E-state index in [4.69, 9.17) is 4.74 Å². The van der Waals surface area contributed by atoms with Crippen LogP contribution in [0.3, 0.4) is 0 Å². The Morgan fingerprint density at radius 1 is 1.26 bits per heavy atom. The molecule has 1 atom stereocenters. The Morgan fingerprint density at radius 3 is 2.16 bits per heavy atom. The molecule has 1 amide bonds. The Bertz CT molecular complexity index is 385. The monoisotopic (exact) mass is 294 g/mol. The van der Waals surface area contributed by atoms with Gasteiger partial charge in [-0.1, -0.05) is 13.8 Å². The number of alkyl carbamates (subject to hydrolysis) is 1. The quantitative estimate of drug-likeness (QED) is 0.777. The second-order valence-electron chi connectivity index (χ2n) is 6.09. The van der Waals surface area contributed by atoms with Crippen LogP contribution in [-0.2, 0) is 14.8 Å². The van der Waals surface area contributed by atoms with E-state index < -0.39 is 21.7 Å². The highest BCUT2D eigenvalue weighted by molar-refractivity contribution is 7.88. The highest BCUT2D eigenvalue weighted by atomic mass is 32.2. The van der Waals surface area contributed by atoms with Crippen molar-refractivity contribution in [1.82, 2.24) is 10.0 Å². The van der Waals surface area contributed by atoms with Gasteiger partial charge in [0, 0.05) is 12.6 Å². The molecule has 0 unspecified atom stereocenters. The fourth-order valence-electron chi connectivity index (χ4n) is 1.49. The molecule has 6 nitrogen and oxygen atoms in total. The fraction of sp³-hybridized carbons (Fsp3) is 0.917. The summed E-state index contributed by atoms with van der Waals surface area (Å²) < 4.78 is 29.7. The average molecular weight is 294 g/mol. The summed E-state index contributed by atoms with van der Waals surface area (Å²) in [6, 6.07) is -0.287. The van der Waals surface area contributed by atoms with Gasteiger partial charge in [0.05, 0.1) is 6.26 Å². The Morgan fingerprint density at radius 2 is 1.79 bits per heavy atom. The molecule has 0 aliphatic heterocycles. The van der Waals surface area contributed by atoms with Gasteiger partial charge in [-0.05, 0) is 33.1 Å². The lowest BCUT2D eigenvalue weighted by Crippen LogP contribution is -2.45. The second kappa shape index (κ2) is 7.09. The first-order chi connectivity index (χ1) is 8.39. The van der Waals surface area contributed by atoms with Gasteiger partial charge < -0.3 is 10.1 Å². The molecule has 0 spiro atoms. The summed E-state index contributed by atoms with van der Waals surface area (Å²) >= 11 is 0. The lowest BCUT2D eigenvalue weighted by molar-refractivity contribution is 0.0499. The molecule has 0 heterocycles. The molecule has 114 valence electrons. The van der Waals surface area contributed by atoms with Crippen molar-refractivity contribution < 1.29 is 17.9 Å². The van der Waals surface area contributed by atoms with E-state index in [1.165, 1.54) is 0 Å². The minimum atomic E-state index is -3.27. The summed E-state index contributed by atoms with van der Waals surface area (Å²) in [6.07, 6.45) is 1.22. The summed E-state index contributed by atoms with van der Waals surface area (Å²) in [7, 11) is -3.27. The minimum Gasteiger partial charge on any atom is -0.444 e. The third kappa shape index (κ3) is 12.0. The van der Waals surface area contributed by atoms with Crippen LogP contribution in [-0.4, -0.2) is 39.0 Å². The number of hydrogen-bond acceptors (Lipinski definition) is 4. The number of sulfonamides is 1. The van der Waals surface area contributed by atoms with Crippen LogP contribution >= 0.6 is 0 Å². The predicted molar refractivity (Wildman–Crippen MR) is 75.5 cm³/mol. The first-order valence-electron chi connectivity index (χ1n) is 6.33. The summed E-state index contributed by atoms with van der Waals surface area (Å²) in [5.74, 6) is 0.335. The van der Waals surface area contributed by atoms with E-state index in [1.807, 2.05) is 13.8 Å². The molecule has 7 heteroatoms. The van der Waals surface area contributed by atoms with E-state index in [-0.39, 0.29) is 12.6 Å². The summed E-state index contributed by atoms with van der Waals surface area (Å²) in [4.78, 5) is 11.7. The third-order valence-corrected chi connectivity index (χ3v) is 2.76. The molecule has 0 fully saturated rings. The molecule has 19 heavy (non-hydrogen) atoms. The maximum atomic E-state index is 11.7. The second-order valence-corrected chi connectivity index (χ2v) is 7.93. The van der Waals surface area contributed by atoms with Gasteiger partial charge >= 0.3 is 6.09 Å². The molecule has 0 bridgehead atoms. The number of ether oxygens (including phenoxy) is 1. The van der Waals surface area contributed by atoms with E-state index in [1.54, 1.807) is 20.8 Å². The van der Waals surface area contributed by atoms with Gasteiger partial charge in [-0.2, -0.15) is 0 Å². The van der Waals surface area contributed by atoms with Crippen LogP contribution in [0.5, 0.6) is 0 Å². The van der Waals surface area contributed by atoms with Gasteiger partial charge in [-0.15, -0.1) is 0 Å². The van der Waals surface area contributed by atoms with E-state index in [9.17, 15) is 13.2 Å². The topological polar surface area (TPSA) is 84.5 Å². The number of rotatable bonds is 6. The average Bonchev–Trinajstić information content (AvgIpc) is 2.08.